The number of para-hydroxylation sites is 3. The van der Waals surface area contributed by atoms with E-state index in [0.717, 1.165) is 29.9 Å². The summed E-state index contributed by atoms with van der Waals surface area (Å²) in [4.78, 5) is 33.6. The number of carbonyl (C=O) groups excluding carboxylic acids is 2. The molecule has 2 aliphatic rings. The molecule has 7 heteroatoms. The van der Waals surface area contributed by atoms with E-state index in [9.17, 15) is 9.59 Å². The van der Waals surface area contributed by atoms with Crippen molar-refractivity contribution in [1.82, 2.24) is 9.88 Å². The van der Waals surface area contributed by atoms with Crippen LogP contribution in [-0.2, 0) is 9.59 Å². The van der Waals surface area contributed by atoms with Crippen LogP contribution in [0, 0.1) is 0 Å². The summed E-state index contributed by atoms with van der Waals surface area (Å²) < 4.78 is 6.66. The molecule has 0 aliphatic carbocycles. The van der Waals surface area contributed by atoms with Crippen LogP contribution in [0.4, 0.5) is 5.69 Å². The van der Waals surface area contributed by atoms with Gasteiger partial charge in [0.15, 0.2) is 6.61 Å². The van der Waals surface area contributed by atoms with E-state index < -0.39 is 0 Å². The first kappa shape index (κ1) is 18.1. The number of piperidine rings is 1. The Morgan fingerprint density at radius 2 is 2.00 bits per heavy atom. The SMILES string of the molecule is O=C(CN1C(=O)COc2ccccc21)N1CCCC(c2nc3ccccc3s2)C1. The van der Waals surface area contributed by atoms with Crippen LogP contribution >= 0.6 is 11.3 Å². The Morgan fingerprint density at radius 1 is 1.17 bits per heavy atom. The number of fused-ring (bicyclic) bond motifs is 2. The van der Waals surface area contributed by atoms with Crippen LogP contribution in [-0.4, -0.2) is 47.9 Å². The van der Waals surface area contributed by atoms with Crippen LogP contribution in [0.3, 0.4) is 0 Å². The second kappa shape index (κ2) is 7.48. The van der Waals surface area contributed by atoms with E-state index in [2.05, 4.69) is 6.07 Å². The normalized spacial score (nSPS) is 19.2. The van der Waals surface area contributed by atoms with Gasteiger partial charge in [0.25, 0.3) is 5.91 Å². The minimum atomic E-state index is -0.184. The predicted molar refractivity (Wildman–Crippen MR) is 112 cm³/mol. The Bertz CT molecular complexity index is 1050. The van der Waals surface area contributed by atoms with Crippen LogP contribution in [0.15, 0.2) is 48.5 Å². The zero-order valence-corrected chi connectivity index (χ0v) is 16.7. The first-order valence-corrected chi connectivity index (χ1v) is 10.7. The van der Waals surface area contributed by atoms with Gasteiger partial charge in [-0.25, -0.2) is 4.98 Å². The van der Waals surface area contributed by atoms with Crippen molar-refractivity contribution in [2.24, 2.45) is 0 Å². The van der Waals surface area contributed by atoms with Crippen LogP contribution in [0.2, 0.25) is 0 Å². The highest BCUT2D eigenvalue weighted by Crippen LogP contribution is 2.34. The van der Waals surface area contributed by atoms with Crippen molar-refractivity contribution in [3.8, 4) is 5.75 Å². The molecule has 148 valence electrons. The molecule has 1 unspecified atom stereocenters. The Labute approximate surface area is 172 Å². The molecule has 2 aliphatic heterocycles. The highest BCUT2D eigenvalue weighted by atomic mass is 32.1. The van der Waals surface area contributed by atoms with Crippen molar-refractivity contribution in [2.45, 2.75) is 18.8 Å². The van der Waals surface area contributed by atoms with Crippen molar-refractivity contribution >= 4 is 39.1 Å². The van der Waals surface area contributed by atoms with Gasteiger partial charge >= 0.3 is 0 Å². The van der Waals surface area contributed by atoms with Gasteiger partial charge in [-0.1, -0.05) is 24.3 Å². The summed E-state index contributed by atoms with van der Waals surface area (Å²) in [6, 6.07) is 15.5. The highest BCUT2D eigenvalue weighted by molar-refractivity contribution is 7.18. The molecule has 3 aromatic rings. The number of amides is 2. The highest BCUT2D eigenvalue weighted by Gasteiger charge is 2.31. The van der Waals surface area contributed by atoms with Gasteiger partial charge in [0.2, 0.25) is 5.91 Å². The maximum Gasteiger partial charge on any atom is 0.265 e. The van der Waals surface area contributed by atoms with E-state index in [1.807, 2.05) is 47.4 Å². The van der Waals surface area contributed by atoms with E-state index in [4.69, 9.17) is 9.72 Å². The summed E-state index contributed by atoms with van der Waals surface area (Å²) >= 11 is 1.71. The number of anilines is 1. The lowest BCUT2D eigenvalue weighted by molar-refractivity contribution is -0.133. The summed E-state index contributed by atoms with van der Waals surface area (Å²) in [6.45, 7) is 1.39. The first-order valence-electron chi connectivity index (χ1n) is 9.84. The van der Waals surface area contributed by atoms with Crippen LogP contribution in [0.5, 0.6) is 5.75 Å². The molecule has 29 heavy (non-hydrogen) atoms. The maximum absolute atomic E-state index is 13.0. The number of rotatable bonds is 3. The minimum absolute atomic E-state index is 0.0270. The van der Waals surface area contributed by atoms with Gasteiger partial charge in [0.1, 0.15) is 12.3 Å². The van der Waals surface area contributed by atoms with Gasteiger partial charge in [-0.05, 0) is 37.1 Å². The number of ether oxygens (including phenoxy) is 1. The van der Waals surface area contributed by atoms with Crippen molar-refractivity contribution < 1.29 is 14.3 Å². The van der Waals surface area contributed by atoms with Crippen molar-refractivity contribution in [2.75, 3.05) is 31.1 Å². The van der Waals surface area contributed by atoms with Gasteiger partial charge in [0, 0.05) is 19.0 Å². The van der Waals surface area contributed by atoms with Gasteiger partial charge in [-0.2, -0.15) is 0 Å². The molecular weight excluding hydrogens is 386 g/mol. The number of aromatic nitrogens is 1. The number of carbonyl (C=O) groups is 2. The number of hydrogen-bond donors (Lipinski definition) is 0. The molecule has 2 amide bonds. The molecule has 3 heterocycles. The Hall–Kier alpha value is -2.93. The fourth-order valence-electron chi connectivity index (χ4n) is 4.03. The van der Waals surface area contributed by atoms with E-state index in [0.29, 0.717) is 18.0 Å². The minimum Gasteiger partial charge on any atom is -0.482 e. The number of thiazole rings is 1. The Kier molecular flexibility index (Phi) is 4.67. The zero-order valence-electron chi connectivity index (χ0n) is 15.9. The molecule has 1 aromatic heterocycles. The monoisotopic (exact) mass is 407 g/mol. The van der Waals surface area contributed by atoms with Crippen LogP contribution in [0.1, 0.15) is 23.8 Å². The van der Waals surface area contributed by atoms with E-state index in [1.54, 1.807) is 16.2 Å². The van der Waals surface area contributed by atoms with Crippen LogP contribution < -0.4 is 9.64 Å². The lowest BCUT2D eigenvalue weighted by atomic mass is 9.98. The second-order valence-electron chi connectivity index (χ2n) is 7.44. The van der Waals surface area contributed by atoms with Crippen molar-refractivity contribution in [3.63, 3.8) is 0 Å². The fraction of sp³-hybridized carbons (Fsp3) is 0.318. The molecule has 0 bridgehead atoms. The molecule has 0 N–H and O–H groups in total. The third kappa shape index (κ3) is 3.46. The molecule has 2 aromatic carbocycles. The lowest BCUT2D eigenvalue weighted by Gasteiger charge is -2.35. The topological polar surface area (TPSA) is 62.7 Å². The molecule has 0 spiro atoms. The van der Waals surface area contributed by atoms with E-state index in [1.165, 1.54) is 4.70 Å². The van der Waals surface area contributed by atoms with Gasteiger partial charge in [0.05, 0.1) is 20.9 Å². The maximum atomic E-state index is 13.0. The van der Waals surface area contributed by atoms with Gasteiger partial charge in [-0.3, -0.25) is 14.5 Å². The molecule has 1 fully saturated rings. The van der Waals surface area contributed by atoms with Crippen molar-refractivity contribution in [3.05, 3.63) is 53.5 Å². The number of hydrogen-bond acceptors (Lipinski definition) is 5. The fourth-order valence-corrected chi connectivity index (χ4v) is 5.13. The number of benzene rings is 2. The molecule has 0 saturated carbocycles. The largest absolute Gasteiger partial charge is 0.482 e. The summed E-state index contributed by atoms with van der Waals surface area (Å²) in [7, 11) is 0. The molecule has 1 atom stereocenters. The summed E-state index contributed by atoms with van der Waals surface area (Å²) in [5.41, 5.74) is 1.68. The predicted octanol–water partition coefficient (Wildman–Crippen LogP) is 3.43. The zero-order chi connectivity index (χ0) is 19.8. The lowest BCUT2D eigenvalue weighted by Crippen LogP contribution is -2.48. The molecule has 0 radical (unpaired) electrons. The van der Waals surface area contributed by atoms with Crippen LogP contribution in [0.25, 0.3) is 10.2 Å². The Balaban J connectivity index is 1.32. The number of likely N-dealkylation sites (tertiary alicyclic amines) is 1. The quantitative estimate of drug-likeness (QED) is 0.667. The third-order valence-electron chi connectivity index (χ3n) is 5.54. The summed E-state index contributed by atoms with van der Waals surface area (Å²) in [6.07, 6.45) is 1.98. The standard InChI is InChI=1S/C22H21N3O3S/c26-20(13-25-17-8-2-3-9-18(17)28-14-21(25)27)24-11-5-6-15(12-24)22-23-16-7-1-4-10-19(16)29-22/h1-4,7-10,15H,5-6,11-14H2. The molecular formula is C22H21N3O3S. The smallest absolute Gasteiger partial charge is 0.265 e. The third-order valence-corrected chi connectivity index (χ3v) is 6.73. The number of nitrogens with zero attached hydrogens (tertiary/aromatic N) is 3. The second-order valence-corrected chi connectivity index (χ2v) is 8.50. The van der Waals surface area contributed by atoms with E-state index in [-0.39, 0.29) is 30.9 Å². The summed E-state index contributed by atoms with van der Waals surface area (Å²) in [5.74, 6) is 0.682. The summed E-state index contributed by atoms with van der Waals surface area (Å²) in [5, 5.41) is 1.09. The average Bonchev–Trinajstić information content (AvgIpc) is 3.20. The van der Waals surface area contributed by atoms with Crippen molar-refractivity contribution in [1.29, 1.82) is 0 Å². The van der Waals surface area contributed by atoms with Gasteiger partial charge < -0.3 is 9.64 Å². The molecule has 1 saturated heterocycles. The average molecular weight is 407 g/mol. The Morgan fingerprint density at radius 3 is 2.90 bits per heavy atom. The van der Waals surface area contributed by atoms with E-state index >= 15 is 0 Å². The van der Waals surface area contributed by atoms with Gasteiger partial charge in [-0.15, -0.1) is 11.3 Å². The first-order chi connectivity index (χ1) is 14.2. The molecule has 6 nitrogen and oxygen atoms in total. The molecule has 5 rings (SSSR count).